The standard InChI is InChI=1S/C15H22ClN3O4S/c1-18(2)24(21,22)12-3-4-13(16)14(11-12)17-15(20)5-6-19-7-9-23-10-8-19/h3-4,11H,5-10H2,1-2H3,(H,17,20). The maximum Gasteiger partial charge on any atom is 0.242 e. The molecule has 7 nitrogen and oxygen atoms in total. The highest BCUT2D eigenvalue weighted by molar-refractivity contribution is 7.89. The molecular weight excluding hydrogens is 354 g/mol. The summed E-state index contributed by atoms with van der Waals surface area (Å²) in [5.41, 5.74) is 0.298. The lowest BCUT2D eigenvalue weighted by Crippen LogP contribution is -2.38. The van der Waals surface area contributed by atoms with E-state index in [-0.39, 0.29) is 10.8 Å². The third-order valence-corrected chi connectivity index (χ3v) is 5.89. The molecular formula is C15H22ClN3O4S. The molecule has 0 aromatic heterocycles. The number of rotatable bonds is 6. The van der Waals surface area contributed by atoms with Gasteiger partial charge in [0.25, 0.3) is 0 Å². The summed E-state index contributed by atoms with van der Waals surface area (Å²) in [7, 11) is -0.682. The lowest BCUT2D eigenvalue weighted by Gasteiger charge is -2.26. The maximum atomic E-state index is 12.2. The summed E-state index contributed by atoms with van der Waals surface area (Å²) in [4.78, 5) is 14.3. The Hall–Kier alpha value is -1.19. The smallest absolute Gasteiger partial charge is 0.242 e. The third kappa shape index (κ3) is 4.90. The van der Waals surface area contributed by atoms with E-state index in [0.717, 1.165) is 17.4 Å². The van der Waals surface area contributed by atoms with E-state index in [1.54, 1.807) is 0 Å². The first-order valence-electron chi connectivity index (χ1n) is 7.63. The summed E-state index contributed by atoms with van der Waals surface area (Å²) in [6.07, 6.45) is 0.307. The Balaban J connectivity index is 2.01. The van der Waals surface area contributed by atoms with Crippen molar-refractivity contribution in [2.75, 3.05) is 52.3 Å². The van der Waals surface area contributed by atoms with E-state index in [0.29, 0.717) is 36.9 Å². The van der Waals surface area contributed by atoms with Crippen LogP contribution in [0, 0.1) is 0 Å². The van der Waals surface area contributed by atoms with Gasteiger partial charge >= 0.3 is 0 Å². The van der Waals surface area contributed by atoms with Crippen LogP contribution in [0.4, 0.5) is 5.69 Å². The highest BCUT2D eigenvalue weighted by Crippen LogP contribution is 2.26. The normalized spacial score (nSPS) is 16.3. The van der Waals surface area contributed by atoms with Gasteiger partial charge in [-0.3, -0.25) is 9.69 Å². The molecule has 1 aromatic rings. The third-order valence-electron chi connectivity index (χ3n) is 3.75. The molecule has 0 spiro atoms. The molecule has 1 aromatic carbocycles. The number of hydrogen-bond acceptors (Lipinski definition) is 5. The number of carbonyl (C=O) groups is 1. The van der Waals surface area contributed by atoms with Crippen LogP contribution in [0.3, 0.4) is 0 Å². The molecule has 1 heterocycles. The monoisotopic (exact) mass is 375 g/mol. The van der Waals surface area contributed by atoms with Gasteiger partial charge in [0.05, 0.1) is 28.8 Å². The second kappa shape index (κ2) is 8.26. The number of benzene rings is 1. The number of sulfonamides is 1. The molecule has 134 valence electrons. The van der Waals surface area contributed by atoms with Crippen molar-refractivity contribution in [1.82, 2.24) is 9.21 Å². The Kier molecular flexibility index (Phi) is 6.59. The van der Waals surface area contributed by atoms with Crippen molar-refractivity contribution in [2.24, 2.45) is 0 Å². The first-order valence-corrected chi connectivity index (χ1v) is 9.44. The van der Waals surface area contributed by atoms with Crippen molar-refractivity contribution < 1.29 is 17.9 Å². The number of hydrogen-bond donors (Lipinski definition) is 1. The number of nitrogens with zero attached hydrogens (tertiary/aromatic N) is 2. The molecule has 0 saturated carbocycles. The molecule has 1 aliphatic rings. The minimum absolute atomic E-state index is 0.0837. The number of nitrogens with one attached hydrogen (secondary N) is 1. The van der Waals surface area contributed by atoms with Crippen molar-refractivity contribution in [3.05, 3.63) is 23.2 Å². The maximum absolute atomic E-state index is 12.2. The lowest BCUT2D eigenvalue weighted by molar-refractivity contribution is -0.116. The predicted octanol–water partition coefficient (Wildman–Crippen LogP) is 1.25. The van der Waals surface area contributed by atoms with Crippen molar-refractivity contribution in [1.29, 1.82) is 0 Å². The van der Waals surface area contributed by atoms with Gasteiger partial charge in [-0.15, -0.1) is 0 Å². The largest absolute Gasteiger partial charge is 0.379 e. The molecule has 1 amide bonds. The molecule has 1 N–H and O–H groups in total. The Morgan fingerprint density at radius 2 is 2.00 bits per heavy atom. The van der Waals surface area contributed by atoms with E-state index in [4.69, 9.17) is 16.3 Å². The van der Waals surface area contributed by atoms with E-state index >= 15 is 0 Å². The number of halogens is 1. The average Bonchev–Trinajstić information content (AvgIpc) is 2.55. The fourth-order valence-corrected chi connectivity index (χ4v) is 3.36. The van der Waals surface area contributed by atoms with Gasteiger partial charge in [0.2, 0.25) is 15.9 Å². The highest BCUT2D eigenvalue weighted by Gasteiger charge is 2.19. The Morgan fingerprint density at radius 3 is 2.62 bits per heavy atom. The van der Waals surface area contributed by atoms with Crippen LogP contribution in [0.2, 0.25) is 5.02 Å². The van der Waals surface area contributed by atoms with Crippen molar-refractivity contribution in [2.45, 2.75) is 11.3 Å². The number of anilines is 1. The minimum atomic E-state index is -3.58. The van der Waals surface area contributed by atoms with Gasteiger partial charge in [0.15, 0.2) is 0 Å². The van der Waals surface area contributed by atoms with Crippen LogP contribution < -0.4 is 5.32 Å². The molecule has 1 saturated heterocycles. The minimum Gasteiger partial charge on any atom is -0.379 e. The summed E-state index contributed by atoms with van der Waals surface area (Å²) in [5.74, 6) is -0.206. The van der Waals surface area contributed by atoms with Crippen molar-refractivity contribution in [3.63, 3.8) is 0 Å². The second-order valence-electron chi connectivity index (χ2n) is 5.68. The van der Waals surface area contributed by atoms with Gasteiger partial charge in [-0.2, -0.15) is 0 Å². The molecule has 9 heteroatoms. The predicted molar refractivity (Wildman–Crippen MR) is 92.8 cm³/mol. The van der Waals surface area contributed by atoms with Crippen LogP contribution in [0.25, 0.3) is 0 Å². The Morgan fingerprint density at radius 1 is 1.33 bits per heavy atom. The molecule has 0 aliphatic carbocycles. The summed E-state index contributed by atoms with van der Waals surface area (Å²) in [5, 5.41) is 2.99. The van der Waals surface area contributed by atoms with Crippen LogP contribution in [0.5, 0.6) is 0 Å². The summed E-state index contributed by atoms with van der Waals surface area (Å²) in [6.45, 7) is 3.60. The SMILES string of the molecule is CN(C)S(=O)(=O)c1ccc(Cl)c(NC(=O)CCN2CCOCC2)c1. The van der Waals surface area contributed by atoms with Crippen LogP contribution in [0.15, 0.2) is 23.1 Å². The lowest BCUT2D eigenvalue weighted by atomic mass is 10.3. The Bertz CT molecular complexity index is 688. The zero-order chi connectivity index (χ0) is 17.7. The molecule has 0 unspecified atom stereocenters. The van der Waals surface area contributed by atoms with Crippen molar-refractivity contribution in [3.8, 4) is 0 Å². The zero-order valence-corrected chi connectivity index (χ0v) is 15.4. The fourth-order valence-electron chi connectivity index (χ4n) is 2.27. The summed E-state index contributed by atoms with van der Waals surface area (Å²) in [6, 6.07) is 4.26. The topological polar surface area (TPSA) is 79.0 Å². The van der Waals surface area contributed by atoms with E-state index in [9.17, 15) is 13.2 Å². The summed E-state index contributed by atoms with van der Waals surface area (Å²) < 4.78 is 30.7. The fraction of sp³-hybridized carbons (Fsp3) is 0.533. The van der Waals surface area contributed by atoms with Gasteiger partial charge in [0.1, 0.15) is 0 Å². The molecule has 0 bridgehead atoms. The van der Waals surface area contributed by atoms with Gasteiger partial charge in [-0.05, 0) is 18.2 Å². The number of carbonyl (C=O) groups excluding carboxylic acids is 1. The molecule has 0 radical (unpaired) electrons. The van der Waals surface area contributed by atoms with E-state index in [1.165, 1.54) is 32.3 Å². The van der Waals surface area contributed by atoms with E-state index in [2.05, 4.69) is 10.2 Å². The first kappa shape index (κ1) is 19.1. The molecule has 2 rings (SSSR count). The van der Waals surface area contributed by atoms with Crippen LogP contribution in [-0.4, -0.2) is 70.5 Å². The van der Waals surface area contributed by atoms with Crippen LogP contribution in [0.1, 0.15) is 6.42 Å². The summed E-state index contributed by atoms with van der Waals surface area (Å²) >= 11 is 6.07. The van der Waals surface area contributed by atoms with Crippen LogP contribution in [-0.2, 0) is 19.6 Å². The molecule has 0 atom stereocenters. The molecule has 1 fully saturated rings. The van der Waals surface area contributed by atoms with Gasteiger partial charge in [-0.25, -0.2) is 12.7 Å². The zero-order valence-electron chi connectivity index (χ0n) is 13.8. The number of amides is 1. The number of ether oxygens (including phenoxy) is 1. The second-order valence-corrected chi connectivity index (χ2v) is 8.24. The number of morpholine rings is 1. The van der Waals surface area contributed by atoms with Gasteiger partial charge < -0.3 is 10.1 Å². The van der Waals surface area contributed by atoms with E-state index in [1.807, 2.05) is 0 Å². The quantitative estimate of drug-likeness (QED) is 0.809. The van der Waals surface area contributed by atoms with Gasteiger partial charge in [-0.1, -0.05) is 11.6 Å². The molecule has 24 heavy (non-hydrogen) atoms. The highest BCUT2D eigenvalue weighted by atomic mass is 35.5. The Labute approximate surface area is 147 Å². The first-order chi connectivity index (χ1) is 11.3. The van der Waals surface area contributed by atoms with Crippen molar-refractivity contribution >= 4 is 33.2 Å². The van der Waals surface area contributed by atoms with E-state index < -0.39 is 10.0 Å². The average molecular weight is 376 g/mol. The molecule has 1 aliphatic heterocycles. The van der Waals surface area contributed by atoms with Crippen LogP contribution >= 0.6 is 11.6 Å². The van der Waals surface area contributed by atoms with Gasteiger partial charge in [0, 0.05) is 40.2 Å².